The van der Waals surface area contributed by atoms with Crippen LogP contribution in [0.15, 0.2) is 35.9 Å². The number of carbonyl (C=O) groups is 2. The summed E-state index contributed by atoms with van der Waals surface area (Å²) >= 11 is 0. The van der Waals surface area contributed by atoms with Crippen molar-refractivity contribution < 1.29 is 23.8 Å². The third-order valence-corrected chi connectivity index (χ3v) is 15.0. The molecule has 0 aromatic heterocycles. The van der Waals surface area contributed by atoms with Crippen LogP contribution in [-0.4, -0.2) is 33.1 Å². The van der Waals surface area contributed by atoms with E-state index in [1.165, 1.54) is 5.57 Å². The number of allylic oxidation sites excluding steroid dienone is 2. The first-order valence-corrected chi connectivity index (χ1v) is 17.4. The summed E-state index contributed by atoms with van der Waals surface area (Å²) in [6, 6.07) is 5.89. The Morgan fingerprint density at radius 3 is 2.27 bits per heavy atom. The fourth-order valence-corrected chi connectivity index (χ4v) is 12.9. The summed E-state index contributed by atoms with van der Waals surface area (Å²) in [7, 11) is 4.89. The summed E-state index contributed by atoms with van der Waals surface area (Å²) in [4.78, 5) is 27.9. The molecule has 5 nitrogen and oxygen atoms in total. The molecule has 1 aromatic rings. The van der Waals surface area contributed by atoms with E-state index in [0.717, 1.165) is 68.9 Å². The van der Waals surface area contributed by atoms with Crippen LogP contribution in [-0.2, 0) is 14.3 Å². The lowest BCUT2D eigenvalue weighted by molar-refractivity contribution is -0.232. The fraction of sp³-hybridized carbons (Fsp3) is 0.700. The molecule has 0 saturated heterocycles. The molecule has 0 radical (unpaired) electrons. The van der Waals surface area contributed by atoms with Crippen LogP contribution < -0.4 is 9.47 Å². The summed E-state index contributed by atoms with van der Waals surface area (Å²) in [5.41, 5.74) is 2.41. The molecule has 1 aromatic carbocycles. The number of ether oxygens (including phenoxy) is 3. The third-order valence-electron chi connectivity index (χ3n) is 15.0. The summed E-state index contributed by atoms with van der Waals surface area (Å²) in [6.07, 6.45) is 11.3. The van der Waals surface area contributed by atoms with Gasteiger partial charge in [-0.25, -0.2) is 0 Å². The zero-order valence-corrected chi connectivity index (χ0v) is 29.3. The maximum absolute atomic E-state index is 14.3. The molecule has 246 valence electrons. The first-order valence-electron chi connectivity index (χ1n) is 17.4. The maximum Gasteiger partial charge on any atom is 0.312 e. The van der Waals surface area contributed by atoms with Crippen LogP contribution in [0.1, 0.15) is 105 Å². The van der Waals surface area contributed by atoms with Gasteiger partial charge in [0.05, 0.1) is 26.7 Å². The van der Waals surface area contributed by atoms with Crippen molar-refractivity contribution in [1.82, 2.24) is 0 Å². The van der Waals surface area contributed by atoms with E-state index in [1.54, 1.807) is 21.3 Å². The normalized spacial score (nSPS) is 42.6. The highest BCUT2D eigenvalue weighted by molar-refractivity contribution is 6.04. The van der Waals surface area contributed by atoms with Gasteiger partial charge in [0, 0.05) is 11.0 Å². The molecule has 0 bridgehead atoms. The van der Waals surface area contributed by atoms with E-state index >= 15 is 0 Å². The number of fused-ring (bicyclic) bond motifs is 7. The molecule has 9 atom stereocenters. The highest BCUT2D eigenvalue weighted by atomic mass is 16.5. The average Bonchev–Trinajstić information content (AvgIpc) is 3.41. The molecule has 5 aliphatic rings. The minimum Gasteiger partial charge on any atom is -0.493 e. The van der Waals surface area contributed by atoms with Crippen molar-refractivity contribution in [1.29, 1.82) is 0 Å². The van der Waals surface area contributed by atoms with Gasteiger partial charge in [-0.2, -0.15) is 0 Å². The van der Waals surface area contributed by atoms with Gasteiger partial charge in [-0.15, -0.1) is 0 Å². The van der Waals surface area contributed by atoms with Gasteiger partial charge in [-0.1, -0.05) is 58.9 Å². The molecule has 5 heteroatoms. The molecule has 0 heterocycles. The summed E-state index contributed by atoms with van der Waals surface area (Å²) in [5.74, 6) is 3.58. The standard InChI is InChI=1S/C40H56O5/c1-24(2)27-16-19-40(35(42)45-10)21-20-38(6)28(32(27)40)14-15-31-37(5)23-26(22-25-12-11-13-29(43-8)33(25)44-9)34(41)36(3,4)30(37)17-18-39(31,38)7/h11-13,22,27-28,30-32H,1,14-21,23H2,2-10H3/b26-22+/t27-,28+,30+,31+,32+,37-,38+,39+,40-/m0/s1. The molecule has 5 aliphatic carbocycles. The van der Waals surface area contributed by atoms with E-state index in [1.807, 2.05) is 18.2 Å². The molecule has 5 saturated carbocycles. The number of benzene rings is 1. The monoisotopic (exact) mass is 616 g/mol. The number of hydrogen-bond donors (Lipinski definition) is 0. The predicted octanol–water partition coefficient (Wildman–Crippen LogP) is 9.10. The van der Waals surface area contributed by atoms with Crippen molar-refractivity contribution >= 4 is 17.8 Å². The van der Waals surface area contributed by atoms with Crippen molar-refractivity contribution in [2.45, 2.75) is 99.3 Å². The van der Waals surface area contributed by atoms with E-state index in [0.29, 0.717) is 41.1 Å². The van der Waals surface area contributed by atoms with Crippen LogP contribution in [0.4, 0.5) is 0 Å². The van der Waals surface area contributed by atoms with Gasteiger partial charge in [0.25, 0.3) is 0 Å². The topological polar surface area (TPSA) is 61.8 Å². The fourth-order valence-electron chi connectivity index (χ4n) is 12.9. The van der Waals surface area contributed by atoms with Crippen LogP contribution in [0.5, 0.6) is 11.5 Å². The Labute approximate surface area is 271 Å². The lowest BCUT2D eigenvalue weighted by Crippen LogP contribution is -2.67. The second kappa shape index (κ2) is 10.7. The summed E-state index contributed by atoms with van der Waals surface area (Å²) < 4.78 is 16.9. The number of para-hydroxylation sites is 1. The van der Waals surface area contributed by atoms with Gasteiger partial charge < -0.3 is 14.2 Å². The lowest BCUT2D eigenvalue weighted by Gasteiger charge is -2.72. The molecular weight excluding hydrogens is 560 g/mol. The number of methoxy groups -OCH3 is 3. The number of Topliss-reactive ketones (excluding diaryl/α,β-unsaturated/α-hetero) is 1. The lowest BCUT2D eigenvalue weighted by atomic mass is 9.32. The number of ketones is 1. The van der Waals surface area contributed by atoms with Crippen LogP contribution >= 0.6 is 0 Å². The highest BCUT2D eigenvalue weighted by Gasteiger charge is 2.72. The van der Waals surface area contributed by atoms with Crippen molar-refractivity contribution in [3.63, 3.8) is 0 Å². The van der Waals surface area contributed by atoms with Crippen LogP contribution in [0, 0.1) is 56.7 Å². The second-order valence-corrected chi connectivity index (χ2v) is 16.8. The largest absolute Gasteiger partial charge is 0.493 e. The number of rotatable bonds is 5. The minimum atomic E-state index is -0.451. The Hall–Kier alpha value is -2.56. The minimum absolute atomic E-state index is 0.0107. The van der Waals surface area contributed by atoms with Crippen molar-refractivity contribution in [3.8, 4) is 11.5 Å². The Morgan fingerprint density at radius 2 is 1.62 bits per heavy atom. The Balaban J connectivity index is 1.42. The van der Waals surface area contributed by atoms with E-state index in [-0.39, 0.29) is 33.4 Å². The SMILES string of the molecule is C=C(C)[C@@H]1CC[C@]2(C(=O)OC)CC[C@]3(C)[C@H](CC[C@@H]4[C@@]5(C)C/C(=C\c6cccc(OC)c6OC)C(=O)C(C)(C)[C@H]5CC[C@]43C)[C@@H]12. The molecule has 0 amide bonds. The van der Waals surface area contributed by atoms with E-state index in [9.17, 15) is 9.59 Å². The zero-order valence-electron chi connectivity index (χ0n) is 29.3. The van der Waals surface area contributed by atoms with Gasteiger partial charge >= 0.3 is 5.97 Å². The summed E-state index contributed by atoms with van der Waals surface area (Å²) in [5, 5.41) is 0. The Morgan fingerprint density at radius 1 is 0.889 bits per heavy atom. The van der Waals surface area contributed by atoms with Crippen LogP contribution in [0.2, 0.25) is 0 Å². The Bertz CT molecular complexity index is 1440. The smallest absolute Gasteiger partial charge is 0.312 e. The first-order chi connectivity index (χ1) is 21.2. The van der Waals surface area contributed by atoms with Gasteiger partial charge in [0.1, 0.15) is 0 Å². The quantitative estimate of drug-likeness (QED) is 0.188. The predicted molar refractivity (Wildman–Crippen MR) is 179 cm³/mol. The number of carbonyl (C=O) groups excluding carboxylic acids is 2. The van der Waals surface area contributed by atoms with Crippen LogP contribution in [0.3, 0.4) is 0 Å². The molecule has 5 fully saturated rings. The van der Waals surface area contributed by atoms with Gasteiger partial charge in [-0.05, 0) is 128 Å². The van der Waals surface area contributed by atoms with Crippen LogP contribution in [0.25, 0.3) is 6.08 Å². The highest BCUT2D eigenvalue weighted by Crippen LogP contribution is 2.77. The van der Waals surface area contributed by atoms with E-state index in [2.05, 4.69) is 54.2 Å². The van der Waals surface area contributed by atoms with Gasteiger partial charge in [0.2, 0.25) is 0 Å². The number of hydrogen-bond acceptors (Lipinski definition) is 5. The van der Waals surface area contributed by atoms with E-state index < -0.39 is 5.41 Å². The molecule has 0 N–H and O–H groups in total. The first kappa shape index (κ1) is 32.4. The van der Waals surface area contributed by atoms with Gasteiger partial charge in [0.15, 0.2) is 17.3 Å². The molecule has 0 unspecified atom stereocenters. The van der Waals surface area contributed by atoms with Crippen molar-refractivity contribution in [2.24, 2.45) is 56.7 Å². The number of esters is 1. The van der Waals surface area contributed by atoms with Gasteiger partial charge in [-0.3, -0.25) is 9.59 Å². The molecule has 0 spiro atoms. The average molecular weight is 617 g/mol. The third kappa shape index (κ3) is 4.23. The maximum atomic E-state index is 14.3. The molecule has 6 rings (SSSR count). The van der Waals surface area contributed by atoms with Crippen molar-refractivity contribution in [2.75, 3.05) is 21.3 Å². The molecular formula is C40H56O5. The molecule has 0 aliphatic heterocycles. The summed E-state index contributed by atoms with van der Waals surface area (Å²) in [6.45, 7) is 18.7. The zero-order chi connectivity index (χ0) is 32.7. The van der Waals surface area contributed by atoms with Crippen molar-refractivity contribution in [3.05, 3.63) is 41.5 Å². The Kier molecular flexibility index (Phi) is 7.73. The molecule has 45 heavy (non-hydrogen) atoms. The second-order valence-electron chi connectivity index (χ2n) is 16.8. The van der Waals surface area contributed by atoms with E-state index in [4.69, 9.17) is 14.2 Å².